The van der Waals surface area contributed by atoms with Crippen molar-refractivity contribution in [3.8, 4) is 0 Å². The number of rotatable bonds is 0. The predicted molar refractivity (Wildman–Crippen MR) is 10.2 cm³/mol. The second-order valence-corrected chi connectivity index (χ2v) is 0. The Balaban J connectivity index is 0. The van der Waals surface area contributed by atoms with Gasteiger partial charge in [0.2, 0.25) is 0 Å². The third-order valence-corrected chi connectivity index (χ3v) is 0. The SMILES string of the molecule is [Ba+2].[Co].[H-].[H-].[H-].[H-].[Li+].[Na+].[Ni]. The van der Waals surface area contributed by atoms with Crippen LogP contribution in [0.4, 0.5) is 0 Å². The maximum atomic E-state index is 0. The van der Waals surface area contributed by atoms with Gasteiger partial charge in [0.15, 0.2) is 0 Å². The van der Waals surface area contributed by atoms with Crippen molar-refractivity contribution in [2.24, 2.45) is 0 Å². The Hall–Kier alpha value is 4.17. The van der Waals surface area contributed by atoms with Crippen LogP contribution in [0, 0.1) is 0 Å². The van der Waals surface area contributed by atoms with Gasteiger partial charge in [0.1, 0.15) is 0 Å². The van der Waals surface area contributed by atoms with Crippen LogP contribution in [0.25, 0.3) is 0 Å². The molecular weight excluding hydrogens is 285 g/mol. The minimum Gasteiger partial charge on any atom is -1.00 e. The molecule has 0 saturated carbocycles. The van der Waals surface area contributed by atoms with E-state index in [1.165, 1.54) is 0 Å². The summed E-state index contributed by atoms with van der Waals surface area (Å²) in [6.07, 6.45) is 0. The van der Waals surface area contributed by atoms with Crippen LogP contribution in [0.2, 0.25) is 0 Å². The first-order valence-electron chi connectivity index (χ1n) is 0. The first-order chi connectivity index (χ1) is 0. The maximum absolute atomic E-state index is 0. The Kier molecular flexibility index (Phi) is 170. The predicted octanol–water partition coefficient (Wildman–Crippen LogP) is -5.93. The quantitative estimate of drug-likeness (QED) is 0.390. The largest absolute Gasteiger partial charge is 2.00 e. The molecule has 27 valence electrons. The van der Waals surface area contributed by atoms with Gasteiger partial charge in [-0.25, -0.2) is 0 Å². The molecule has 0 aromatic rings. The van der Waals surface area contributed by atoms with Crippen molar-refractivity contribution < 1.29 is 87.4 Å². The fraction of sp³-hybridized carbons (Fsp3) is 0. The van der Waals surface area contributed by atoms with Crippen LogP contribution in [0.1, 0.15) is 5.71 Å². The van der Waals surface area contributed by atoms with E-state index in [1.807, 2.05) is 0 Å². The summed E-state index contributed by atoms with van der Waals surface area (Å²) >= 11 is 0. The van der Waals surface area contributed by atoms with Crippen LogP contribution < -0.4 is 48.4 Å². The zero-order valence-electron chi connectivity index (χ0n) is 7.36. The molecule has 0 nitrogen and oxygen atoms in total. The first kappa shape index (κ1) is 35.2. The molecule has 0 heterocycles. The van der Waals surface area contributed by atoms with Gasteiger partial charge in [0.25, 0.3) is 0 Å². The summed E-state index contributed by atoms with van der Waals surface area (Å²) in [7, 11) is 0. The van der Waals surface area contributed by atoms with Crippen molar-refractivity contribution in [2.45, 2.75) is 0 Å². The van der Waals surface area contributed by atoms with E-state index in [1.54, 1.807) is 0 Å². The summed E-state index contributed by atoms with van der Waals surface area (Å²) in [6.45, 7) is 0. The zero-order valence-corrected chi connectivity index (χ0v) is 11.8. The van der Waals surface area contributed by atoms with Gasteiger partial charge in [0, 0.05) is 33.3 Å². The van der Waals surface area contributed by atoms with E-state index in [-0.39, 0.29) is 136 Å². The molecule has 0 fully saturated rings. The molecule has 0 aromatic carbocycles. The van der Waals surface area contributed by atoms with Gasteiger partial charge in [0.05, 0.1) is 0 Å². The molecule has 0 aliphatic heterocycles. The van der Waals surface area contributed by atoms with E-state index in [0.717, 1.165) is 0 Å². The standard InChI is InChI=1S/Ba.Co.Li.Na.Ni.4H/q+2;;2*+1;;4*-1. The van der Waals surface area contributed by atoms with E-state index < -0.39 is 0 Å². The minimum atomic E-state index is 0. The van der Waals surface area contributed by atoms with E-state index in [0.29, 0.717) is 0 Å². The van der Waals surface area contributed by atoms with Gasteiger partial charge in [-0.15, -0.1) is 0 Å². The minimum absolute atomic E-state index is 0. The molecule has 0 aliphatic rings. The van der Waals surface area contributed by atoms with Gasteiger partial charge in [-0.05, 0) is 0 Å². The molecule has 0 spiro atoms. The summed E-state index contributed by atoms with van der Waals surface area (Å²) in [5.41, 5.74) is 0. The Labute approximate surface area is 133 Å². The normalized spacial score (nSPS) is 0. The van der Waals surface area contributed by atoms with Crippen LogP contribution in [0.5, 0.6) is 0 Å². The van der Waals surface area contributed by atoms with Crippen LogP contribution in [-0.4, -0.2) is 48.9 Å². The maximum Gasteiger partial charge on any atom is 2.00 e. The Bertz CT molecular complexity index is 20.5. The second kappa shape index (κ2) is 24.2. The fourth-order valence-corrected chi connectivity index (χ4v) is 0. The van der Waals surface area contributed by atoms with Gasteiger partial charge < -0.3 is 5.71 Å². The summed E-state index contributed by atoms with van der Waals surface area (Å²) in [6, 6.07) is 0. The molecule has 5 heavy (non-hydrogen) atoms. The van der Waals surface area contributed by atoms with Crippen LogP contribution in [0.3, 0.4) is 0 Å². The molecule has 0 aliphatic carbocycles. The molecule has 5 heteroatoms. The van der Waals surface area contributed by atoms with Crippen molar-refractivity contribution in [2.75, 3.05) is 0 Å². The topological polar surface area (TPSA) is 0 Å². The van der Waals surface area contributed by atoms with E-state index in [2.05, 4.69) is 0 Å². The van der Waals surface area contributed by atoms with Gasteiger partial charge in [-0.2, -0.15) is 0 Å². The average molecular weight is 289 g/mol. The van der Waals surface area contributed by atoms with Crippen molar-refractivity contribution >= 4 is 48.9 Å². The Morgan fingerprint density at radius 1 is 1.20 bits per heavy atom. The molecule has 0 amide bonds. The summed E-state index contributed by atoms with van der Waals surface area (Å²) < 4.78 is 0. The molecule has 0 saturated heterocycles. The Morgan fingerprint density at radius 2 is 1.20 bits per heavy atom. The summed E-state index contributed by atoms with van der Waals surface area (Å²) in [5.74, 6) is 0. The second-order valence-electron chi connectivity index (χ2n) is 0. The zero-order chi connectivity index (χ0) is 0. The molecule has 0 aromatic heterocycles. The van der Waals surface area contributed by atoms with Gasteiger partial charge in [-0.3, -0.25) is 0 Å². The molecule has 1 radical (unpaired) electrons. The van der Waals surface area contributed by atoms with Crippen molar-refractivity contribution in [1.82, 2.24) is 0 Å². The van der Waals surface area contributed by atoms with Crippen molar-refractivity contribution in [1.29, 1.82) is 0 Å². The molecule has 0 unspecified atom stereocenters. The van der Waals surface area contributed by atoms with Gasteiger partial charge >= 0.3 is 97.3 Å². The number of hydrogen-bond donors (Lipinski definition) is 0. The van der Waals surface area contributed by atoms with Gasteiger partial charge in [-0.1, -0.05) is 0 Å². The monoisotopic (exact) mass is 289 g/mol. The fourth-order valence-electron chi connectivity index (χ4n) is 0. The summed E-state index contributed by atoms with van der Waals surface area (Å²) in [5, 5.41) is 0. The molecule has 0 rings (SSSR count). The molecule has 0 N–H and O–H groups in total. The van der Waals surface area contributed by atoms with Crippen LogP contribution in [0.15, 0.2) is 0 Å². The van der Waals surface area contributed by atoms with E-state index in [9.17, 15) is 0 Å². The first-order valence-corrected chi connectivity index (χ1v) is 0. The molecule has 0 atom stereocenters. The Morgan fingerprint density at radius 3 is 1.20 bits per heavy atom. The smallest absolute Gasteiger partial charge is 1.00 e. The average Bonchev–Trinajstić information content (AvgIpc) is 0. The summed E-state index contributed by atoms with van der Waals surface area (Å²) in [4.78, 5) is 0. The van der Waals surface area contributed by atoms with Crippen molar-refractivity contribution in [3.63, 3.8) is 0 Å². The number of hydrogen-bond acceptors (Lipinski definition) is 0. The third kappa shape index (κ3) is 17.9. The van der Waals surface area contributed by atoms with E-state index >= 15 is 0 Å². The van der Waals surface area contributed by atoms with E-state index in [4.69, 9.17) is 0 Å². The third-order valence-electron chi connectivity index (χ3n) is 0. The van der Waals surface area contributed by atoms with Crippen molar-refractivity contribution in [3.05, 3.63) is 0 Å². The van der Waals surface area contributed by atoms with Crippen LogP contribution >= 0.6 is 0 Å². The van der Waals surface area contributed by atoms with Crippen LogP contribution in [-0.2, 0) is 33.3 Å². The molecule has 0 bridgehead atoms. The molecular formula is H4BaCoLiNaNi.